The molecule has 0 aromatic rings. The maximum Gasteiger partial charge on any atom is 0.303 e. The molecule has 0 amide bonds. The highest BCUT2D eigenvalue weighted by atomic mass is 35.5. The van der Waals surface area contributed by atoms with Gasteiger partial charge in [0.15, 0.2) is 0 Å². The number of carbonyl (C=O) groups excluding carboxylic acids is 1. The fraction of sp³-hybridized carbons (Fsp3) is 0.500. The van der Waals surface area contributed by atoms with Crippen LogP contribution in [-0.2, 0) is 9.53 Å². The molecule has 2 unspecified atom stereocenters. The molecule has 0 saturated heterocycles. The Labute approximate surface area is 93.5 Å². The Balaban J connectivity index is 2.96. The van der Waals surface area contributed by atoms with Crippen LogP contribution >= 0.6 is 23.2 Å². The first-order valence-corrected chi connectivity index (χ1v) is 5.06. The topological polar surface area (TPSA) is 26.3 Å². The molecular weight excluding hydrogens is 223 g/mol. The monoisotopic (exact) mass is 234 g/mol. The molecule has 0 N–H and O–H groups in total. The van der Waals surface area contributed by atoms with Gasteiger partial charge in [0, 0.05) is 17.9 Å². The molecule has 0 bridgehead atoms. The summed E-state index contributed by atoms with van der Waals surface area (Å²) in [5.41, 5.74) is -0.693. The molecule has 0 aliphatic heterocycles. The van der Waals surface area contributed by atoms with Crippen LogP contribution in [0.2, 0.25) is 0 Å². The van der Waals surface area contributed by atoms with Gasteiger partial charge in [0.25, 0.3) is 0 Å². The van der Waals surface area contributed by atoms with Crippen LogP contribution in [0.3, 0.4) is 0 Å². The first-order chi connectivity index (χ1) is 6.37. The van der Waals surface area contributed by atoms with E-state index in [0.29, 0.717) is 10.1 Å². The van der Waals surface area contributed by atoms with Crippen molar-refractivity contribution in [2.75, 3.05) is 0 Å². The van der Waals surface area contributed by atoms with Crippen molar-refractivity contribution in [3.05, 3.63) is 22.2 Å². The van der Waals surface area contributed by atoms with Crippen molar-refractivity contribution in [3.63, 3.8) is 0 Å². The minimum atomic E-state index is -0.693. The molecule has 78 valence electrons. The molecule has 0 aromatic heterocycles. The average Bonchev–Trinajstić information content (AvgIpc) is 2.08. The molecule has 4 heteroatoms. The van der Waals surface area contributed by atoms with Crippen LogP contribution < -0.4 is 0 Å². The van der Waals surface area contributed by atoms with Gasteiger partial charge in [-0.3, -0.25) is 4.79 Å². The number of hydrogen-bond acceptors (Lipinski definition) is 2. The van der Waals surface area contributed by atoms with E-state index in [9.17, 15) is 4.79 Å². The highest BCUT2D eigenvalue weighted by molar-refractivity contribution is 6.40. The zero-order chi connectivity index (χ0) is 10.9. The van der Waals surface area contributed by atoms with Crippen molar-refractivity contribution >= 4 is 29.2 Å². The van der Waals surface area contributed by atoms with Gasteiger partial charge in [0.05, 0.1) is 5.03 Å². The highest BCUT2D eigenvalue weighted by Crippen LogP contribution is 2.38. The first kappa shape index (κ1) is 11.6. The molecule has 1 rings (SSSR count). The number of halogens is 2. The summed E-state index contributed by atoms with van der Waals surface area (Å²) in [6.45, 7) is 5.05. The van der Waals surface area contributed by atoms with Gasteiger partial charge < -0.3 is 4.74 Å². The zero-order valence-corrected chi connectivity index (χ0v) is 9.82. The second-order valence-electron chi connectivity index (χ2n) is 3.53. The van der Waals surface area contributed by atoms with Crippen LogP contribution in [0, 0.1) is 5.92 Å². The normalized spacial score (nSPS) is 31.9. The van der Waals surface area contributed by atoms with Crippen molar-refractivity contribution in [1.29, 1.82) is 0 Å². The summed E-state index contributed by atoms with van der Waals surface area (Å²) in [5.74, 6) is -0.447. The number of ether oxygens (including phenoxy) is 1. The third-order valence-corrected chi connectivity index (χ3v) is 3.35. The Morgan fingerprint density at radius 1 is 1.57 bits per heavy atom. The summed E-state index contributed by atoms with van der Waals surface area (Å²) >= 11 is 11.8. The van der Waals surface area contributed by atoms with E-state index in [1.165, 1.54) is 6.92 Å². The van der Waals surface area contributed by atoms with Gasteiger partial charge in [-0.05, 0) is 19.1 Å². The molecule has 1 aliphatic carbocycles. The molecule has 2 atom stereocenters. The number of carbonyl (C=O) groups is 1. The molecule has 0 radical (unpaired) electrons. The highest BCUT2D eigenvalue weighted by Gasteiger charge is 2.37. The first-order valence-electron chi connectivity index (χ1n) is 4.31. The van der Waals surface area contributed by atoms with E-state index < -0.39 is 5.60 Å². The van der Waals surface area contributed by atoms with E-state index in [-0.39, 0.29) is 11.9 Å². The third-order valence-electron chi connectivity index (χ3n) is 2.39. The zero-order valence-electron chi connectivity index (χ0n) is 8.30. The van der Waals surface area contributed by atoms with Crippen molar-refractivity contribution in [3.8, 4) is 0 Å². The van der Waals surface area contributed by atoms with E-state index in [0.717, 1.165) is 0 Å². The van der Waals surface area contributed by atoms with Crippen LogP contribution in [0.15, 0.2) is 22.2 Å². The summed E-state index contributed by atoms with van der Waals surface area (Å²) in [4.78, 5) is 10.9. The van der Waals surface area contributed by atoms with Crippen LogP contribution in [0.4, 0.5) is 0 Å². The summed E-state index contributed by atoms with van der Waals surface area (Å²) in [7, 11) is 0. The fourth-order valence-corrected chi connectivity index (χ4v) is 1.86. The van der Waals surface area contributed by atoms with Crippen LogP contribution in [0.1, 0.15) is 20.8 Å². The van der Waals surface area contributed by atoms with Gasteiger partial charge in [0.2, 0.25) is 0 Å². The van der Waals surface area contributed by atoms with Gasteiger partial charge in [-0.15, -0.1) is 0 Å². The van der Waals surface area contributed by atoms with Gasteiger partial charge in [0.1, 0.15) is 5.60 Å². The quantitative estimate of drug-likeness (QED) is 0.652. The second-order valence-corrected chi connectivity index (χ2v) is 4.34. The summed E-state index contributed by atoms with van der Waals surface area (Å²) in [6.07, 6.45) is 3.42. The molecule has 0 fully saturated rings. The Hall–Kier alpha value is -0.470. The van der Waals surface area contributed by atoms with Crippen molar-refractivity contribution in [2.45, 2.75) is 26.4 Å². The lowest BCUT2D eigenvalue weighted by molar-refractivity contribution is -0.153. The van der Waals surface area contributed by atoms with Gasteiger partial charge in [-0.25, -0.2) is 0 Å². The molecule has 0 aromatic carbocycles. The summed E-state index contributed by atoms with van der Waals surface area (Å²) in [5, 5.41) is 1.03. The molecule has 0 saturated carbocycles. The van der Waals surface area contributed by atoms with Gasteiger partial charge in [-0.2, -0.15) is 0 Å². The molecule has 1 aliphatic rings. The van der Waals surface area contributed by atoms with Crippen LogP contribution in [0.25, 0.3) is 0 Å². The minimum absolute atomic E-state index is 0.120. The average molecular weight is 235 g/mol. The van der Waals surface area contributed by atoms with E-state index >= 15 is 0 Å². The molecule has 2 nitrogen and oxygen atoms in total. The second kappa shape index (κ2) is 3.95. The standard InChI is InChI=1S/C10H12Cl2O2/c1-6-9(12)8(11)4-5-10(6,3)14-7(2)13/h4-6H,1-3H3. The maximum atomic E-state index is 10.9. The molecule has 0 heterocycles. The summed E-state index contributed by atoms with van der Waals surface area (Å²) < 4.78 is 5.21. The minimum Gasteiger partial charge on any atom is -0.455 e. The molecule has 14 heavy (non-hydrogen) atoms. The van der Waals surface area contributed by atoms with Crippen molar-refractivity contribution in [1.82, 2.24) is 0 Å². The number of rotatable bonds is 1. The van der Waals surface area contributed by atoms with Crippen LogP contribution in [0.5, 0.6) is 0 Å². The Bertz CT molecular complexity index is 320. The summed E-state index contributed by atoms with van der Waals surface area (Å²) in [6, 6.07) is 0. The number of allylic oxidation sites excluding steroid dienone is 2. The predicted octanol–water partition coefficient (Wildman–Crippen LogP) is 3.20. The smallest absolute Gasteiger partial charge is 0.303 e. The fourth-order valence-electron chi connectivity index (χ4n) is 1.35. The van der Waals surface area contributed by atoms with E-state index in [2.05, 4.69) is 0 Å². The lowest BCUT2D eigenvalue weighted by Gasteiger charge is -2.34. The van der Waals surface area contributed by atoms with E-state index in [4.69, 9.17) is 27.9 Å². The largest absolute Gasteiger partial charge is 0.455 e. The van der Waals surface area contributed by atoms with Crippen molar-refractivity contribution in [2.24, 2.45) is 5.92 Å². The van der Waals surface area contributed by atoms with Gasteiger partial charge >= 0.3 is 5.97 Å². The SMILES string of the molecule is CC(=O)OC1(C)C=CC(Cl)=C(Cl)C1C. The number of esters is 1. The maximum absolute atomic E-state index is 10.9. The molecule has 0 spiro atoms. The van der Waals surface area contributed by atoms with E-state index in [1.54, 1.807) is 19.1 Å². The Morgan fingerprint density at radius 3 is 2.64 bits per heavy atom. The third kappa shape index (κ3) is 2.12. The number of hydrogen-bond donors (Lipinski definition) is 0. The Kier molecular flexibility index (Phi) is 3.28. The predicted molar refractivity (Wildman–Crippen MR) is 57.2 cm³/mol. The Morgan fingerprint density at radius 2 is 2.14 bits per heavy atom. The lowest BCUT2D eigenvalue weighted by atomic mass is 9.86. The van der Waals surface area contributed by atoms with Crippen LogP contribution in [-0.4, -0.2) is 11.6 Å². The van der Waals surface area contributed by atoms with Gasteiger partial charge in [-0.1, -0.05) is 30.1 Å². The lowest BCUT2D eigenvalue weighted by Crippen LogP contribution is -2.37. The van der Waals surface area contributed by atoms with E-state index in [1.807, 2.05) is 6.92 Å². The molecular formula is C10H12Cl2O2. The van der Waals surface area contributed by atoms with Crippen molar-refractivity contribution < 1.29 is 9.53 Å².